The van der Waals surface area contributed by atoms with Gasteiger partial charge in [-0.15, -0.1) is 0 Å². The van der Waals surface area contributed by atoms with Crippen molar-refractivity contribution in [3.05, 3.63) is 35.9 Å². The molecule has 0 spiro atoms. The molecule has 0 aromatic heterocycles. The van der Waals surface area contributed by atoms with E-state index in [9.17, 15) is 9.46 Å². The standard InChI is InChI=1S/C20H29Cl2O5P/c1-13(2)16-10-9-14(3)11-17(16)19(15-7-5-4-6-8-15)25-12-18(26-28(23)24)20(21,22)27-19/h4-8,13-14,16-18,28H,9-12H2,1-3H3,(H,23,24)/t14?,16?,17?,18-,19-/m1/s1. The summed E-state index contributed by atoms with van der Waals surface area (Å²) in [6.07, 6.45) is 2.11. The lowest BCUT2D eigenvalue weighted by atomic mass is 9.65. The topological polar surface area (TPSA) is 65.0 Å². The Morgan fingerprint density at radius 3 is 2.50 bits per heavy atom. The molecule has 28 heavy (non-hydrogen) atoms. The predicted octanol–water partition coefficient (Wildman–Crippen LogP) is 5.49. The molecule has 158 valence electrons. The first-order chi connectivity index (χ1) is 13.2. The third-order valence-electron chi connectivity index (χ3n) is 6.04. The van der Waals surface area contributed by atoms with E-state index in [-0.39, 0.29) is 12.5 Å². The Labute approximate surface area is 177 Å². The first-order valence-corrected chi connectivity index (χ1v) is 11.8. The molecule has 1 aromatic carbocycles. The monoisotopic (exact) mass is 450 g/mol. The number of benzene rings is 1. The Hall–Kier alpha value is -0.130. The van der Waals surface area contributed by atoms with Crippen LogP contribution in [-0.2, 0) is 24.3 Å². The quantitative estimate of drug-likeness (QED) is 0.474. The minimum Gasteiger partial charge on any atom is -0.343 e. The zero-order valence-electron chi connectivity index (χ0n) is 16.4. The van der Waals surface area contributed by atoms with Crippen molar-refractivity contribution in [3.8, 4) is 0 Å². The van der Waals surface area contributed by atoms with Crippen molar-refractivity contribution < 1.29 is 23.5 Å². The van der Waals surface area contributed by atoms with Crippen LogP contribution in [0.5, 0.6) is 0 Å². The number of hydrogen-bond acceptors (Lipinski definition) is 4. The Kier molecular flexibility index (Phi) is 7.19. The van der Waals surface area contributed by atoms with Crippen LogP contribution < -0.4 is 0 Å². The minimum atomic E-state index is -3.24. The van der Waals surface area contributed by atoms with Gasteiger partial charge in [0.15, 0.2) is 0 Å². The van der Waals surface area contributed by atoms with Gasteiger partial charge in [0.05, 0.1) is 6.61 Å². The first-order valence-electron chi connectivity index (χ1n) is 9.82. The lowest BCUT2D eigenvalue weighted by Gasteiger charge is -2.53. The van der Waals surface area contributed by atoms with Gasteiger partial charge in [0.25, 0.3) is 0 Å². The van der Waals surface area contributed by atoms with Gasteiger partial charge in [0.1, 0.15) is 6.10 Å². The fraction of sp³-hybridized carbons (Fsp3) is 0.700. The number of alkyl halides is 2. The highest BCUT2D eigenvalue weighted by atomic mass is 35.5. The molecule has 4 unspecified atom stereocenters. The molecule has 5 nitrogen and oxygen atoms in total. The largest absolute Gasteiger partial charge is 0.343 e. The molecular formula is C20H29Cl2O5P. The smallest absolute Gasteiger partial charge is 0.317 e. The van der Waals surface area contributed by atoms with E-state index in [0.29, 0.717) is 17.8 Å². The summed E-state index contributed by atoms with van der Waals surface area (Å²) in [4.78, 5) is 9.18. The van der Waals surface area contributed by atoms with Crippen molar-refractivity contribution in [2.45, 2.75) is 56.4 Å². The zero-order valence-corrected chi connectivity index (χ0v) is 18.9. The van der Waals surface area contributed by atoms with Gasteiger partial charge in [-0.2, -0.15) is 0 Å². The lowest BCUT2D eigenvalue weighted by Crippen LogP contribution is -2.58. The third kappa shape index (κ3) is 4.62. The maximum absolute atomic E-state index is 11.2. The molecule has 8 heteroatoms. The Balaban J connectivity index is 2.04. The van der Waals surface area contributed by atoms with E-state index in [4.69, 9.17) is 37.2 Å². The van der Waals surface area contributed by atoms with Crippen LogP contribution in [0.3, 0.4) is 0 Å². The number of halogens is 2. The first kappa shape index (κ1) is 22.6. The van der Waals surface area contributed by atoms with E-state index in [1.807, 2.05) is 30.3 Å². The van der Waals surface area contributed by atoms with Crippen LogP contribution in [0.1, 0.15) is 45.6 Å². The van der Waals surface area contributed by atoms with Gasteiger partial charge < -0.3 is 14.4 Å². The van der Waals surface area contributed by atoms with Gasteiger partial charge in [-0.25, -0.2) is 0 Å². The molecule has 2 fully saturated rings. The summed E-state index contributed by atoms with van der Waals surface area (Å²) < 4.78 is 27.0. The van der Waals surface area contributed by atoms with Gasteiger partial charge in [-0.1, -0.05) is 80.7 Å². The van der Waals surface area contributed by atoms with Gasteiger partial charge in [-0.05, 0) is 30.6 Å². The fourth-order valence-electron chi connectivity index (χ4n) is 4.67. The summed E-state index contributed by atoms with van der Waals surface area (Å²) in [6, 6.07) is 9.70. The summed E-state index contributed by atoms with van der Waals surface area (Å²) >= 11 is 13.0. The van der Waals surface area contributed by atoms with Crippen molar-refractivity contribution in [1.29, 1.82) is 0 Å². The maximum atomic E-state index is 11.2. The van der Waals surface area contributed by atoms with Crippen LogP contribution >= 0.6 is 31.5 Å². The predicted molar refractivity (Wildman–Crippen MR) is 111 cm³/mol. The average molecular weight is 451 g/mol. The average Bonchev–Trinajstić information content (AvgIpc) is 2.63. The van der Waals surface area contributed by atoms with Gasteiger partial charge in [0.2, 0.25) is 10.3 Å². The van der Waals surface area contributed by atoms with Crippen LogP contribution in [0.25, 0.3) is 0 Å². The molecule has 1 heterocycles. The summed E-state index contributed by atoms with van der Waals surface area (Å²) in [5.41, 5.74) is 0.848. The van der Waals surface area contributed by atoms with Crippen molar-refractivity contribution in [1.82, 2.24) is 0 Å². The van der Waals surface area contributed by atoms with E-state index in [1.54, 1.807) is 0 Å². The fourth-order valence-corrected chi connectivity index (χ4v) is 5.74. The van der Waals surface area contributed by atoms with E-state index in [2.05, 4.69) is 20.8 Å². The van der Waals surface area contributed by atoms with Crippen molar-refractivity contribution in [2.75, 3.05) is 6.61 Å². The molecular weight excluding hydrogens is 422 g/mol. The normalized spacial score (nSPS) is 37.0. The highest BCUT2D eigenvalue weighted by Gasteiger charge is 2.58. The highest BCUT2D eigenvalue weighted by molar-refractivity contribution is 7.32. The second-order valence-electron chi connectivity index (χ2n) is 8.31. The molecule has 0 amide bonds. The van der Waals surface area contributed by atoms with Gasteiger partial charge >= 0.3 is 8.25 Å². The molecule has 1 aliphatic carbocycles. The summed E-state index contributed by atoms with van der Waals surface area (Å²) in [6.45, 7) is 6.64. The van der Waals surface area contributed by atoms with Gasteiger partial charge in [0, 0.05) is 11.5 Å². The molecule has 2 aliphatic rings. The Morgan fingerprint density at radius 2 is 1.93 bits per heavy atom. The molecule has 0 bridgehead atoms. The summed E-state index contributed by atoms with van der Waals surface area (Å²) in [5, 5.41) is 0. The van der Waals surface area contributed by atoms with Crippen LogP contribution in [-0.4, -0.2) is 22.1 Å². The summed E-state index contributed by atoms with van der Waals surface area (Å²) in [7, 11) is -3.24. The van der Waals surface area contributed by atoms with Crippen LogP contribution in [0.4, 0.5) is 0 Å². The maximum Gasteiger partial charge on any atom is 0.317 e. The lowest BCUT2D eigenvalue weighted by molar-refractivity contribution is -0.355. The molecule has 1 saturated carbocycles. The number of rotatable bonds is 5. The third-order valence-corrected chi connectivity index (χ3v) is 7.17. The SMILES string of the molecule is CC1CCC(C(C)C)C([C@]2(c3ccccc3)OC[C@@H](O[PH](=O)O)C(Cl)(Cl)O2)C1. The highest BCUT2D eigenvalue weighted by Crippen LogP contribution is 2.55. The van der Waals surface area contributed by atoms with Crippen LogP contribution in [0.2, 0.25) is 0 Å². The van der Waals surface area contributed by atoms with Gasteiger partial charge in [-0.3, -0.25) is 9.09 Å². The van der Waals surface area contributed by atoms with E-state index >= 15 is 0 Å². The molecule has 3 rings (SSSR count). The molecule has 0 radical (unpaired) electrons. The van der Waals surface area contributed by atoms with E-state index in [1.165, 1.54) is 0 Å². The van der Waals surface area contributed by atoms with Crippen molar-refractivity contribution in [2.24, 2.45) is 23.7 Å². The molecule has 1 N–H and O–H groups in total. The number of hydrogen-bond donors (Lipinski definition) is 1. The zero-order chi connectivity index (χ0) is 20.5. The molecule has 1 aliphatic heterocycles. The van der Waals surface area contributed by atoms with Crippen molar-refractivity contribution >= 4 is 31.5 Å². The summed E-state index contributed by atoms with van der Waals surface area (Å²) in [5.74, 6) is 0.237. The Bertz CT molecular complexity index is 686. The molecule has 6 atom stereocenters. The second-order valence-corrected chi connectivity index (χ2v) is 10.4. The van der Waals surface area contributed by atoms with Crippen molar-refractivity contribution in [3.63, 3.8) is 0 Å². The van der Waals surface area contributed by atoms with Crippen LogP contribution in [0.15, 0.2) is 30.3 Å². The number of ether oxygens (including phenoxy) is 2. The van der Waals surface area contributed by atoms with Crippen LogP contribution in [0, 0.1) is 23.7 Å². The molecule has 1 saturated heterocycles. The minimum absolute atomic E-state index is 0.0332. The van der Waals surface area contributed by atoms with E-state index < -0.39 is 24.7 Å². The molecule has 1 aromatic rings. The van der Waals surface area contributed by atoms with E-state index in [0.717, 1.165) is 24.8 Å². The second kappa shape index (κ2) is 8.93. The Morgan fingerprint density at radius 1 is 1.25 bits per heavy atom.